The highest BCUT2D eigenvalue weighted by molar-refractivity contribution is 5.62. The van der Waals surface area contributed by atoms with E-state index in [1.807, 2.05) is 12.1 Å². The van der Waals surface area contributed by atoms with Crippen molar-refractivity contribution in [1.29, 1.82) is 0 Å². The summed E-state index contributed by atoms with van der Waals surface area (Å²) in [6.45, 7) is 2.17. The van der Waals surface area contributed by atoms with Gasteiger partial charge in [0.1, 0.15) is 6.17 Å². The first-order valence-electron chi connectivity index (χ1n) is 12.9. The van der Waals surface area contributed by atoms with Crippen LogP contribution >= 0.6 is 0 Å². The number of para-hydroxylation sites is 1. The molecular formula is C26H36N2. The van der Waals surface area contributed by atoms with Gasteiger partial charge in [-0.2, -0.15) is 0 Å². The second-order valence-electron chi connectivity index (χ2n) is 9.44. The molecular weight excluding hydrogens is 340 g/mol. The van der Waals surface area contributed by atoms with E-state index in [-0.39, 0.29) is 5.41 Å². The Hall–Kier alpha value is -1.70. The molecule has 0 spiro atoms. The first kappa shape index (κ1) is 15.2. The van der Waals surface area contributed by atoms with Crippen molar-refractivity contribution < 1.29 is 4.11 Å². The van der Waals surface area contributed by atoms with Crippen LogP contribution in [-0.4, -0.2) is 11.1 Å². The Balaban J connectivity index is 1.68. The average molecular weight is 380 g/mol. The fourth-order valence-electron chi connectivity index (χ4n) is 6.83. The van der Waals surface area contributed by atoms with Gasteiger partial charge in [0.15, 0.2) is 0 Å². The van der Waals surface area contributed by atoms with E-state index in [2.05, 4.69) is 48.1 Å². The number of fused-ring (bicyclic) bond motifs is 1. The van der Waals surface area contributed by atoms with Crippen LogP contribution in [0.25, 0.3) is 0 Å². The van der Waals surface area contributed by atoms with Crippen molar-refractivity contribution in [2.75, 3.05) is 4.90 Å². The van der Waals surface area contributed by atoms with Gasteiger partial charge in [-0.05, 0) is 69.8 Å². The molecule has 1 aromatic rings. The van der Waals surface area contributed by atoms with Crippen LogP contribution in [-0.2, 0) is 0 Å². The number of allylic oxidation sites excluding steroid dienone is 2. The van der Waals surface area contributed by atoms with Crippen LogP contribution in [0.15, 0.2) is 47.9 Å². The molecule has 2 heterocycles. The number of hydrogen-bond acceptors (Lipinski definition) is 2. The maximum absolute atomic E-state index is 8.49. The maximum atomic E-state index is 8.49. The molecule has 2 aliphatic heterocycles. The Bertz CT molecular complexity index is 890. The van der Waals surface area contributed by atoms with Gasteiger partial charge in [-0.1, -0.05) is 56.4 Å². The van der Waals surface area contributed by atoms with Crippen molar-refractivity contribution in [3.63, 3.8) is 0 Å². The van der Waals surface area contributed by atoms with E-state index in [0.29, 0.717) is 11.8 Å². The quantitative estimate of drug-likeness (QED) is 0.559. The normalized spacial score (nSPS) is 33.4. The maximum Gasteiger partial charge on any atom is 0.107 e. The summed E-state index contributed by atoms with van der Waals surface area (Å²) in [6.07, 6.45) is 15.6. The lowest BCUT2D eigenvalue weighted by atomic mass is 9.60. The number of hydrogen-bond donors (Lipinski definition) is 0. The van der Waals surface area contributed by atoms with Crippen LogP contribution in [0.4, 0.5) is 5.69 Å². The van der Waals surface area contributed by atoms with E-state index in [0.717, 1.165) is 16.9 Å². The van der Waals surface area contributed by atoms with Crippen molar-refractivity contribution in [2.24, 2.45) is 17.3 Å². The molecule has 0 amide bonds. The Morgan fingerprint density at radius 3 is 2.21 bits per heavy atom. The van der Waals surface area contributed by atoms with Crippen LogP contribution in [0.3, 0.4) is 0 Å². The third kappa shape index (κ3) is 2.52. The molecule has 0 radical (unpaired) electrons. The molecule has 150 valence electrons. The van der Waals surface area contributed by atoms with Crippen LogP contribution in [0.5, 0.6) is 0 Å². The van der Waals surface area contributed by atoms with Gasteiger partial charge in [0, 0.05) is 32.8 Å². The Morgan fingerprint density at radius 1 is 0.929 bits per heavy atom. The number of nitrogens with zero attached hydrogens (tertiary/aromatic N) is 2. The third-order valence-corrected chi connectivity index (χ3v) is 8.08. The summed E-state index contributed by atoms with van der Waals surface area (Å²) >= 11 is 0. The van der Waals surface area contributed by atoms with Gasteiger partial charge in [-0.25, -0.2) is 0 Å². The zero-order valence-electron chi connectivity index (χ0n) is 20.5. The van der Waals surface area contributed by atoms with E-state index in [1.165, 1.54) is 63.5 Å². The molecule has 2 fully saturated rings. The van der Waals surface area contributed by atoms with E-state index in [1.54, 1.807) is 0 Å². The van der Waals surface area contributed by atoms with Gasteiger partial charge in [-0.15, -0.1) is 0 Å². The van der Waals surface area contributed by atoms with E-state index < -0.39 is 13.0 Å². The number of anilines is 1. The molecule has 5 rings (SSSR count). The van der Waals surface area contributed by atoms with Crippen molar-refractivity contribution in [3.8, 4) is 0 Å². The molecule has 2 saturated carbocycles. The minimum Gasteiger partial charge on any atom is -0.328 e. The van der Waals surface area contributed by atoms with Crippen molar-refractivity contribution in [3.05, 3.63) is 53.5 Å². The molecule has 1 aromatic carbocycles. The molecule has 2 atom stereocenters. The van der Waals surface area contributed by atoms with Crippen molar-refractivity contribution >= 4 is 5.69 Å². The topological polar surface area (TPSA) is 6.48 Å². The van der Waals surface area contributed by atoms with Crippen LogP contribution in [0.2, 0.25) is 0 Å². The fraction of sp³-hybridized carbons (Fsp3) is 0.615. The first-order valence-corrected chi connectivity index (χ1v) is 11.4. The number of aryl methyl sites for hydroxylation is 1. The molecule has 28 heavy (non-hydrogen) atoms. The monoisotopic (exact) mass is 379 g/mol. The van der Waals surface area contributed by atoms with Crippen molar-refractivity contribution in [2.45, 2.75) is 84.7 Å². The molecule has 2 nitrogen and oxygen atoms in total. The smallest absolute Gasteiger partial charge is 0.107 e. The highest BCUT2D eigenvalue weighted by Gasteiger charge is 2.55. The predicted molar refractivity (Wildman–Crippen MR) is 118 cm³/mol. The summed E-state index contributed by atoms with van der Waals surface area (Å²) < 4.78 is 25.5. The molecule has 0 N–H and O–H groups in total. The van der Waals surface area contributed by atoms with Crippen LogP contribution in [0, 0.1) is 24.2 Å². The minimum atomic E-state index is -2.10. The summed E-state index contributed by atoms with van der Waals surface area (Å²) in [5.74, 6) is 1.26. The minimum absolute atomic E-state index is 0.00192. The summed E-state index contributed by atoms with van der Waals surface area (Å²) in [6, 6.07) is 8.24. The molecule has 0 saturated heterocycles. The molecule has 0 aromatic heterocycles. The van der Waals surface area contributed by atoms with Gasteiger partial charge in [-0.3, -0.25) is 0 Å². The molecule has 0 bridgehead atoms. The number of rotatable bonds is 3. The zero-order chi connectivity index (χ0) is 21.8. The summed E-state index contributed by atoms with van der Waals surface area (Å²) in [5, 5.41) is 0. The standard InChI is InChI=1S/C26H36N2/c1-19-11-7-10-16-24(19)28-20(2)25-26(23-14-8-9-15-23,17-18-27(25)21(28)3)22-12-5-4-6-13-22/h7,10-11,16-18,21-23H,4-6,8-9,12-15H2,1-3H3/i3D3. The SMILES string of the molecule is [2H]C([2H])([2H])C1N2C=CC(C3CCCCC3)(C3CCCC3)C2=C(C)N1c1ccccc1C. The summed E-state index contributed by atoms with van der Waals surface area (Å²) in [4.78, 5) is 4.29. The second kappa shape index (κ2) is 6.97. The Kier molecular flexibility index (Phi) is 3.78. The average Bonchev–Trinajstić information content (AvgIpc) is 3.46. The zero-order valence-corrected chi connectivity index (χ0v) is 17.5. The predicted octanol–water partition coefficient (Wildman–Crippen LogP) is 6.98. The van der Waals surface area contributed by atoms with E-state index in [4.69, 9.17) is 4.11 Å². The molecule has 2 heteroatoms. The van der Waals surface area contributed by atoms with Gasteiger partial charge < -0.3 is 9.80 Å². The number of benzene rings is 1. The Labute approximate surface area is 175 Å². The largest absolute Gasteiger partial charge is 0.328 e. The lowest BCUT2D eigenvalue weighted by Crippen LogP contribution is -2.40. The first-order chi connectivity index (χ1) is 14.9. The van der Waals surface area contributed by atoms with Crippen molar-refractivity contribution in [1.82, 2.24) is 4.90 Å². The van der Waals surface area contributed by atoms with E-state index in [9.17, 15) is 0 Å². The highest BCUT2D eigenvalue weighted by Crippen LogP contribution is 2.61. The van der Waals surface area contributed by atoms with Gasteiger partial charge >= 0.3 is 0 Å². The van der Waals surface area contributed by atoms with Gasteiger partial charge in [0.25, 0.3) is 0 Å². The summed E-state index contributed by atoms with van der Waals surface area (Å²) in [7, 11) is 0. The van der Waals surface area contributed by atoms with Gasteiger partial charge in [0.2, 0.25) is 0 Å². The summed E-state index contributed by atoms with van der Waals surface area (Å²) in [5.41, 5.74) is 4.61. The third-order valence-electron chi connectivity index (χ3n) is 8.08. The molecule has 4 aliphatic rings. The lowest BCUT2D eigenvalue weighted by Gasteiger charge is -2.45. The van der Waals surface area contributed by atoms with Gasteiger partial charge in [0.05, 0.1) is 0 Å². The Morgan fingerprint density at radius 2 is 1.57 bits per heavy atom. The molecule has 2 unspecified atom stereocenters. The van der Waals surface area contributed by atoms with Crippen LogP contribution in [0.1, 0.15) is 81.2 Å². The molecule has 2 aliphatic carbocycles. The highest BCUT2D eigenvalue weighted by atomic mass is 15.4. The fourth-order valence-corrected chi connectivity index (χ4v) is 6.83. The van der Waals surface area contributed by atoms with E-state index >= 15 is 0 Å². The lowest BCUT2D eigenvalue weighted by molar-refractivity contribution is 0.121. The second-order valence-corrected chi connectivity index (χ2v) is 9.44. The van der Waals surface area contributed by atoms with Crippen LogP contribution < -0.4 is 4.90 Å².